The maximum absolute atomic E-state index is 12.7. The Balaban J connectivity index is 1.97. The lowest BCUT2D eigenvalue weighted by molar-refractivity contribution is -0.128. The first kappa shape index (κ1) is 18.3. The normalized spacial score (nSPS) is 14.8. The highest BCUT2D eigenvalue weighted by Gasteiger charge is 2.17. The third-order valence-electron chi connectivity index (χ3n) is 4.56. The van der Waals surface area contributed by atoms with E-state index < -0.39 is 0 Å². The van der Waals surface area contributed by atoms with Crippen molar-refractivity contribution < 1.29 is 9.59 Å². The maximum Gasteiger partial charge on any atom is 0.253 e. The molecule has 5 heteroatoms. The van der Waals surface area contributed by atoms with Crippen molar-refractivity contribution in [3.8, 4) is 0 Å². The monoisotopic (exact) mass is 331 g/mol. The first-order chi connectivity index (χ1) is 11.7. The van der Waals surface area contributed by atoms with Crippen LogP contribution in [0, 0.1) is 0 Å². The van der Waals surface area contributed by atoms with Crippen LogP contribution in [0.15, 0.2) is 24.3 Å². The number of carbonyl (C=O) groups excluding carboxylic acids is 2. The average molecular weight is 331 g/mol. The van der Waals surface area contributed by atoms with E-state index in [0.29, 0.717) is 18.7 Å². The van der Waals surface area contributed by atoms with Gasteiger partial charge in [0.25, 0.3) is 5.91 Å². The molecule has 1 aliphatic rings. The van der Waals surface area contributed by atoms with E-state index in [2.05, 4.69) is 5.32 Å². The maximum atomic E-state index is 12.7. The first-order valence-corrected chi connectivity index (χ1v) is 9.06. The molecule has 1 saturated heterocycles. The summed E-state index contributed by atoms with van der Waals surface area (Å²) in [5.74, 6) is 0.167. The molecule has 0 saturated carbocycles. The van der Waals surface area contributed by atoms with Gasteiger partial charge in [0, 0.05) is 37.4 Å². The summed E-state index contributed by atoms with van der Waals surface area (Å²) in [4.78, 5) is 28.5. The molecule has 0 aliphatic carbocycles. The summed E-state index contributed by atoms with van der Waals surface area (Å²) in [5, 5.41) is 3.14. The van der Waals surface area contributed by atoms with Gasteiger partial charge in [0.05, 0.1) is 6.54 Å². The highest BCUT2D eigenvalue weighted by molar-refractivity contribution is 5.95. The Morgan fingerprint density at radius 1 is 1.08 bits per heavy atom. The molecule has 2 rings (SSSR count). The summed E-state index contributed by atoms with van der Waals surface area (Å²) < 4.78 is 0. The Kier molecular flexibility index (Phi) is 7.09. The quantitative estimate of drug-likeness (QED) is 0.872. The summed E-state index contributed by atoms with van der Waals surface area (Å²) >= 11 is 0. The number of benzene rings is 1. The number of anilines is 1. The summed E-state index contributed by atoms with van der Waals surface area (Å²) in [6, 6.07) is 7.47. The van der Waals surface area contributed by atoms with Crippen molar-refractivity contribution in [2.75, 3.05) is 38.0 Å². The minimum atomic E-state index is 0.0734. The zero-order chi connectivity index (χ0) is 17.4. The Morgan fingerprint density at radius 3 is 2.38 bits per heavy atom. The molecule has 24 heavy (non-hydrogen) atoms. The third kappa shape index (κ3) is 4.98. The lowest BCUT2D eigenvalue weighted by Gasteiger charge is -2.21. The van der Waals surface area contributed by atoms with Crippen molar-refractivity contribution in [3.05, 3.63) is 29.8 Å². The van der Waals surface area contributed by atoms with Crippen LogP contribution in [0.3, 0.4) is 0 Å². The van der Waals surface area contributed by atoms with Crippen LogP contribution in [-0.4, -0.2) is 54.3 Å². The summed E-state index contributed by atoms with van der Waals surface area (Å²) in [5.41, 5.74) is 1.51. The minimum Gasteiger partial charge on any atom is -0.376 e. The third-order valence-corrected chi connectivity index (χ3v) is 4.56. The van der Waals surface area contributed by atoms with E-state index in [0.717, 1.165) is 31.6 Å². The van der Waals surface area contributed by atoms with E-state index >= 15 is 0 Å². The standard InChI is InChI=1S/C19H29N3O2/c1-3-21(4-2)18(23)15-20-17-11-9-10-16(14-17)19(24)22-12-7-5-6-8-13-22/h9-11,14,20H,3-8,12-13,15H2,1-2H3. The van der Waals surface area contributed by atoms with Crippen LogP contribution in [0.4, 0.5) is 5.69 Å². The lowest BCUT2D eigenvalue weighted by Crippen LogP contribution is -2.35. The summed E-state index contributed by atoms with van der Waals surface area (Å²) in [6.45, 7) is 7.32. The largest absolute Gasteiger partial charge is 0.376 e. The topological polar surface area (TPSA) is 52.7 Å². The van der Waals surface area contributed by atoms with Crippen LogP contribution in [0.2, 0.25) is 0 Å². The van der Waals surface area contributed by atoms with Crippen molar-refractivity contribution in [1.29, 1.82) is 0 Å². The number of carbonyl (C=O) groups is 2. The average Bonchev–Trinajstić information content (AvgIpc) is 2.90. The van der Waals surface area contributed by atoms with E-state index in [1.807, 2.05) is 43.0 Å². The molecule has 0 aromatic heterocycles. The molecule has 1 aliphatic heterocycles. The molecule has 2 amide bonds. The molecule has 0 atom stereocenters. The number of nitrogens with zero attached hydrogens (tertiary/aromatic N) is 2. The predicted octanol–water partition coefficient (Wildman–Crippen LogP) is 2.98. The van der Waals surface area contributed by atoms with E-state index in [-0.39, 0.29) is 18.4 Å². The zero-order valence-corrected chi connectivity index (χ0v) is 14.9. The fourth-order valence-corrected chi connectivity index (χ4v) is 3.08. The molecule has 0 unspecified atom stereocenters. The molecule has 0 bridgehead atoms. The number of nitrogens with one attached hydrogen (secondary N) is 1. The van der Waals surface area contributed by atoms with Gasteiger partial charge in [-0.2, -0.15) is 0 Å². The lowest BCUT2D eigenvalue weighted by atomic mass is 10.1. The van der Waals surface area contributed by atoms with Crippen LogP contribution in [0.1, 0.15) is 49.9 Å². The van der Waals surface area contributed by atoms with Gasteiger partial charge in [-0.15, -0.1) is 0 Å². The Labute approximate surface area is 145 Å². The Morgan fingerprint density at radius 2 is 1.75 bits per heavy atom. The van der Waals surface area contributed by atoms with Crippen LogP contribution < -0.4 is 5.32 Å². The zero-order valence-electron chi connectivity index (χ0n) is 14.9. The smallest absolute Gasteiger partial charge is 0.253 e. The van der Waals surface area contributed by atoms with E-state index in [1.54, 1.807) is 4.90 Å². The van der Waals surface area contributed by atoms with Crippen molar-refractivity contribution in [3.63, 3.8) is 0 Å². The highest BCUT2D eigenvalue weighted by atomic mass is 16.2. The van der Waals surface area contributed by atoms with Gasteiger partial charge in [-0.3, -0.25) is 9.59 Å². The van der Waals surface area contributed by atoms with Crippen LogP contribution >= 0.6 is 0 Å². The second kappa shape index (κ2) is 9.30. The van der Waals surface area contributed by atoms with Gasteiger partial charge in [-0.05, 0) is 44.9 Å². The number of likely N-dealkylation sites (N-methyl/N-ethyl adjacent to an activating group) is 1. The number of likely N-dealkylation sites (tertiary alicyclic amines) is 1. The first-order valence-electron chi connectivity index (χ1n) is 9.06. The number of rotatable bonds is 6. The predicted molar refractivity (Wildman–Crippen MR) is 97.2 cm³/mol. The molecular weight excluding hydrogens is 302 g/mol. The van der Waals surface area contributed by atoms with Crippen molar-refractivity contribution >= 4 is 17.5 Å². The molecule has 1 fully saturated rings. The van der Waals surface area contributed by atoms with Gasteiger partial charge >= 0.3 is 0 Å². The van der Waals surface area contributed by atoms with E-state index in [4.69, 9.17) is 0 Å². The summed E-state index contributed by atoms with van der Waals surface area (Å²) in [7, 11) is 0. The van der Waals surface area contributed by atoms with Gasteiger partial charge in [0.15, 0.2) is 0 Å². The van der Waals surface area contributed by atoms with E-state index in [9.17, 15) is 9.59 Å². The molecule has 1 aromatic rings. The van der Waals surface area contributed by atoms with Gasteiger partial charge in [0.2, 0.25) is 5.91 Å². The van der Waals surface area contributed by atoms with Crippen LogP contribution in [0.5, 0.6) is 0 Å². The number of amides is 2. The Bertz CT molecular complexity index is 547. The fraction of sp³-hybridized carbons (Fsp3) is 0.579. The molecule has 132 valence electrons. The van der Waals surface area contributed by atoms with Gasteiger partial charge < -0.3 is 15.1 Å². The van der Waals surface area contributed by atoms with Gasteiger partial charge in [-0.25, -0.2) is 0 Å². The molecular formula is C19H29N3O2. The summed E-state index contributed by atoms with van der Waals surface area (Å²) in [6.07, 6.45) is 4.59. The molecule has 0 radical (unpaired) electrons. The van der Waals surface area contributed by atoms with Gasteiger partial charge in [0.1, 0.15) is 0 Å². The van der Waals surface area contributed by atoms with Crippen LogP contribution in [-0.2, 0) is 4.79 Å². The minimum absolute atomic E-state index is 0.0734. The van der Waals surface area contributed by atoms with E-state index in [1.165, 1.54) is 12.8 Å². The van der Waals surface area contributed by atoms with Crippen molar-refractivity contribution in [2.24, 2.45) is 0 Å². The molecule has 5 nitrogen and oxygen atoms in total. The van der Waals surface area contributed by atoms with Crippen LogP contribution in [0.25, 0.3) is 0 Å². The molecule has 1 N–H and O–H groups in total. The number of hydrogen-bond acceptors (Lipinski definition) is 3. The Hall–Kier alpha value is -2.04. The molecule has 0 spiro atoms. The molecule has 1 heterocycles. The second-order valence-electron chi connectivity index (χ2n) is 6.21. The fourth-order valence-electron chi connectivity index (χ4n) is 3.08. The number of hydrogen-bond donors (Lipinski definition) is 1. The van der Waals surface area contributed by atoms with Gasteiger partial charge in [-0.1, -0.05) is 18.9 Å². The molecule has 1 aromatic carbocycles. The second-order valence-corrected chi connectivity index (χ2v) is 6.21. The van der Waals surface area contributed by atoms with Crippen molar-refractivity contribution in [1.82, 2.24) is 9.80 Å². The SMILES string of the molecule is CCN(CC)C(=O)CNc1cccc(C(=O)N2CCCCCC2)c1. The highest BCUT2D eigenvalue weighted by Crippen LogP contribution is 2.16. The van der Waals surface area contributed by atoms with Crippen molar-refractivity contribution in [2.45, 2.75) is 39.5 Å².